The van der Waals surface area contributed by atoms with E-state index in [0.717, 1.165) is 5.56 Å². The van der Waals surface area contributed by atoms with Crippen molar-refractivity contribution in [3.05, 3.63) is 71.8 Å². The fourth-order valence-electron chi connectivity index (χ4n) is 2.11. The summed E-state index contributed by atoms with van der Waals surface area (Å²) in [6, 6.07) is 18.3. The zero-order valence-electron chi connectivity index (χ0n) is 12.7. The van der Waals surface area contributed by atoms with Gasteiger partial charge in [0.2, 0.25) is 11.4 Å². The van der Waals surface area contributed by atoms with Crippen LogP contribution in [0, 0.1) is 0 Å². The molecule has 0 N–H and O–H groups in total. The molecule has 0 saturated carbocycles. The summed E-state index contributed by atoms with van der Waals surface area (Å²) in [6.45, 7) is 3.17. The Morgan fingerprint density at radius 1 is 1.00 bits per heavy atom. The number of para-hydroxylation sites is 1. The third kappa shape index (κ3) is 3.70. The van der Waals surface area contributed by atoms with Gasteiger partial charge in [-0.1, -0.05) is 48.5 Å². The lowest BCUT2D eigenvalue weighted by Crippen LogP contribution is -2.43. The first-order valence-corrected chi connectivity index (χ1v) is 7.04. The van der Waals surface area contributed by atoms with E-state index in [1.807, 2.05) is 36.4 Å². The molecule has 0 spiro atoms. The van der Waals surface area contributed by atoms with E-state index in [-0.39, 0.29) is 5.78 Å². The van der Waals surface area contributed by atoms with Crippen LogP contribution in [0.5, 0.6) is 5.75 Å². The standard InChI is InChI=1S/C19H18O3/c1-15(13-16-9-5-3-6-10-16)18(21)19(2,14-20)22-17-11-7-4-8-12-17/h3-14H,1-2H3. The summed E-state index contributed by atoms with van der Waals surface area (Å²) in [4.78, 5) is 24.0. The van der Waals surface area contributed by atoms with Crippen LogP contribution < -0.4 is 4.74 Å². The van der Waals surface area contributed by atoms with Gasteiger partial charge in [0, 0.05) is 0 Å². The van der Waals surface area contributed by atoms with Crippen LogP contribution in [0.15, 0.2) is 66.2 Å². The molecule has 0 amide bonds. The van der Waals surface area contributed by atoms with Crippen LogP contribution in [-0.4, -0.2) is 17.7 Å². The number of rotatable bonds is 6. The van der Waals surface area contributed by atoms with E-state index in [1.165, 1.54) is 6.92 Å². The smallest absolute Gasteiger partial charge is 0.223 e. The lowest BCUT2D eigenvalue weighted by Gasteiger charge is -2.23. The summed E-state index contributed by atoms with van der Waals surface area (Å²) < 4.78 is 5.61. The average molecular weight is 294 g/mol. The Labute approximate surface area is 130 Å². The Balaban J connectivity index is 2.24. The summed E-state index contributed by atoms with van der Waals surface area (Å²) >= 11 is 0. The molecule has 2 aromatic carbocycles. The van der Waals surface area contributed by atoms with E-state index in [2.05, 4.69) is 0 Å². The molecule has 0 saturated heterocycles. The molecule has 22 heavy (non-hydrogen) atoms. The highest BCUT2D eigenvalue weighted by molar-refractivity contribution is 6.13. The van der Waals surface area contributed by atoms with Crippen LogP contribution in [0.3, 0.4) is 0 Å². The molecule has 3 nitrogen and oxygen atoms in total. The average Bonchev–Trinajstić information content (AvgIpc) is 2.55. The van der Waals surface area contributed by atoms with Crippen LogP contribution in [0.25, 0.3) is 6.08 Å². The van der Waals surface area contributed by atoms with Gasteiger partial charge in [-0.25, -0.2) is 0 Å². The molecule has 0 aliphatic heterocycles. The van der Waals surface area contributed by atoms with Crippen molar-refractivity contribution >= 4 is 18.1 Å². The number of Topliss-reactive ketones (excluding diaryl/α,β-unsaturated/α-hetero) is 1. The van der Waals surface area contributed by atoms with Gasteiger partial charge in [0.1, 0.15) is 5.75 Å². The number of carbonyl (C=O) groups excluding carboxylic acids is 2. The Morgan fingerprint density at radius 3 is 2.09 bits per heavy atom. The highest BCUT2D eigenvalue weighted by Crippen LogP contribution is 2.21. The van der Waals surface area contributed by atoms with E-state index in [4.69, 9.17) is 4.74 Å². The van der Waals surface area contributed by atoms with Gasteiger partial charge in [-0.3, -0.25) is 9.59 Å². The van der Waals surface area contributed by atoms with Gasteiger partial charge in [0.25, 0.3) is 0 Å². The second kappa shape index (κ2) is 6.85. The number of benzene rings is 2. The highest BCUT2D eigenvalue weighted by Gasteiger charge is 2.36. The molecule has 0 fully saturated rings. The molecule has 3 heteroatoms. The molecule has 2 aromatic rings. The van der Waals surface area contributed by atoms with Gasteiger partial charge in [-0.2, -0.15) is 0 Å². The second-order valence-corrected chi connectivity index (χ2v) is 5.21. The molecule has 0 aliphatic rings. The molecular formula is C19H18O3. The first-order chi connectivity index (χ1) is 10.5. The number of aldehydes is 1. The van der Waals surface area contributed by atoms with E-state index < -0.39 is 5.60 Å². The van der Waals surface area contributed by atoms with Crippen LogP contribution in [0.4, 0.5) is 0 Å². The molecule has 1 unspecified atom stereocenters. The van der Waals surface area contributed by atoms with Crippen molar-refractivity contribution in [1.29, 1.82) is 0 Å². The Hall–Kier alpha value is -2.68. The van der Waals surface area contributed by atoms with E-state index in [9.17, 15) is 9.59 Å². The molecule has 2 rings (SSSR count). The fraction of sp³-hybridized carbons (Fsp3) is 0.158. The zero-order valence-corrected chi connectivity index (χ0v) is 12.7. The number of hydrogen-bond donors (Lipinski definition) is 0. The summed E-state index contributed by atoms with van der Waals surface area (Å²) in [5.41, 5.74) is -0.158. The number of carbonyl (C=O) groups is 2. The largest absolute Gasteiger partial charge is 0.472 e. The summed E-state index contributed by atoms with van der Waals surface area (Å²) in [5.74, 6) is 0.133. The topological polar surface area (TPSA) is 43.4 Å². The van der Waals surface area contributed by atoms with Crippen molar-refractivity contribution < 1.29 is 14.3 Å². The second-order valence-electron chi connectivity index (χ2n) is 5.21. The van der Waals surface area contributed by atoms with Gasteiger partial charge < -0.3 is 4.74 Å². The van der Waals surface area contributed by atoms with Crippen molar-refractivity contribution in [2.24, 2.45) is 0 Å². The van der Waals surface area contributed by atoms with E-state index >= 15 is 0 Å². The van der Waals surface area contributed by atoms with Crippen LogP contribution in [0.2, 0.25) is 0 Å². The SMILES string of the molecule is CC(=Cc1ccccc1)C(=O)C(C)(C=O)Oc1ccccc1. The summed E-state index contributed by atoms with van der Waals surface area (Å²) in [6.07, 6.45) is 2.29. The van der Waals surface area contributed by atoms with Crippen molar-refractivity contribution in [2.75, 3.05) is 0 Å². The molecule has 0 bridgehead atoms. The van der Waals surface area contributed by atoms with Crippen molar-refractivity contribution in [3.63, 3.8) is 0 Å². The zero-order chi connectivity index (χ0) is 16.0. The fourth-order valence-corrected chi connectivity index (χ4v) is 2.11. The van der Waals surface area contributed by atoms with Gasteiger partial charge >= 0.3 is 0 Å². The van der Waals surface area contributed by atoms with Crippen LogP contribution in [-0.2, 0) is 9.59 Å². The van der Waals surface area contributed by atoms with Crippen LogP contribution >= 0.6 is 0 Å². The predicted octanol–water partition coefficient (Wildman–Crippen LogP) is 3.70. The molecule has 0 aromatic heterocycles. The van der Waals surface area contributed by atoms with E-state index in [0.29, 0.717) is 17.6 Å². The van der Waals surface area contributed by atoms with Gasteiger partial charge in [0.15, 0.2) is 6.29 Å². The first-order valence-electron chi connectivity index (χ1n) is 7.04. The van der Waals surface area contributed by atoms with Crippen LogP contribution in [0.1, 0.15) is 19.4 Å². The maximum atomic E-state index is 12.6. The lowest BCUT2D eigenvalue weighted by atomic mass is 9.95. The molecular weight excluding hydrogens is 276 g/mol. The Bertz CT molecular complexity index is 674. The third-order valence-electron chi connectivity index (χ3n) is 3.29. The predicted molar refractivity (Wildman–Crippen MR) is 86.6 cm³/mol. The molecule has 112 valence electrons. The van der Waals surface area contributed by atoms with E-state index in [1.54, 1.807) is 37.3 Å². The number of ether oxygens (including phenoxy) is 1. The van der Waals surface area contributed by atoms with Gasteiger partial charge in [-0.15, -0.1) is 0 Å². The molecule has 0 aliphatic carbocycles. The van der Waals surface area contributed by atoms with Crippen molar-refractivity contribution in [2.45, 2.75) is 19.4 Å². The Morgan fingerprint density at radius 2 is 1.55 bits per heavy atom. The van der Waals surface area contributed by atoms with Gasteiger partial charge in [-0.05, 0) is 43.2 Å². The number of ketones is 1. The first kappa shape index (κ1) is 15.7. The van der Waals surface area contributed by atoms with Crippen molar-refractivity contribution in [3.8, 4) is 5.75 Å². The minimum absolute atomic E-state index is 0.352. The summed E-state index contributed by atoms with van der Waals surface area (Å²) in [7, 11) is 0. The minimum atomic E-state index is -1.53. The third-order valence-corrected chi connectivity index (χ3v) is 3.29. The highest BCUT2D eigenvalue weighted by atomic mass is 16.5. The monoisotopic (exact) mass is 294 g/mol. The summed E-state index contributed by atoms with van der Waals surface area (Å²) in [5, 5.41) is 0. The van der Waals surface area contributed by atoms with Crippen molar-refractivity contribution in [1.82, 2.24) is 0 Å². The number of hydrogen-bond acceptors (Lipinski definition) is 3. The Kier molecular flexibility index (Phi) is 4.89. The lowest BCUT2D eigenvalue weighted by molar-refractivity contribution is -0.136. The maximum Gasteiger partial charge on any atom is 0.223 e. The normalized spacial score (nSPS) is 14.0. The molecule has 1 atom stereocenters. The molecule has 0 radical (unpaired) electrons. The quantitative estimate of drug-likeness (QED) is 0.463. The van der Waals surface area contributed by atoms with Gasteiger partial charge in [0.05, 0.1) is 0 Å². The molecule has 0 heterocycles. The maximum absolute atomic E-state index is 12.6. The minimum Gasteiger partial charge on any atom is -0.472 e.